The third kappa shape index (κ3) is 2.93. The lowest BCUT2D eigenvalue weighted by Gasteiger charge is -2.31. The van der Waals surface area contributed by atoms with Gasteiger partial charge in [0.05, 0.1) is 11.3 Å². The molecule has 27 heavy (non-hydrogen) atoms. The van der Waals surface area contributed by atoms with Gasteiger partial charge >= 0.3 is 11.3 Å². The summed E-state index contributed by atoms with van der Waals surface area (Å²) in [6.07, 6.45) is 1.26. The van der Waals surface area contributed by atoms with Gasteiger partial charge < -0.3 is 0 Å². The maximum absolute atomic E-state index is 12.9. The maximum atomic E-state index is 12.9. The van der Waals surface area contributed by atoms with Crippen molar-refractivity contribution in [3.63, 3.8) is 0 Å². The summed E-state index contributed by atoms with van der Waals surface area (Å²) >= 11 is 7.52. The van der Waals surface area contributed by atoms with Gasteiger partial charge in [-0.3, -0.25) is 14.6 Å². The molecule has 1 aliphatic rings. The highest BCUT2D eigenvalue weighted by molar-refractivity contribution is 7.98. The van der Waals surface area contributed by atoms with Crippen molar-refractivity contribution in [2.24, 2.45) is 0 Å². The Morgan fingerprint density at radius 2 is 2.00 bits per heavy atom. The molecule has 0 bridgehead atoms. The number of nitrogens with zero attached hydrogens (tertiary/aromatic N) is 3. The molecule has 0 saturated carbocycles. The van der Waals surface area contributed by atoms with Gasteiger partial charge in [0.25, 0.3) is 6.17 Å². The molecular weight excluding hydrogens is 384 g/mol. The summed E-state index contributed by atoms with van der Waals surface area (Å²) in [5, 5.41) is 5.55. The van der Waals surface area contributed by atoms with Crippen LogP contribution in [0, 0.1) is 0 Å². The van der Waals surface area contributed by atoms with Crippen LogP contribution < -0.4 is 15.1 Å². The van der Waals surface area contributed by atoms with E-state index in [4.69, 9.17) is 11.6 Å². The number of amides is 1. The van der Waals surface area contributed by atoms with Crippen molar-refractivity contribution < 1.29 is 9.48 Å². The number of nitrogens with one attached hydrogen (secondary N) is 1. The van der Waals surface area contributed by atoms with Gasteiger partial charge in [0.2, 0.25) is 11.1 Å². The minimum Gasteiger partial charge on any atom is -0.291 e. The van der Waals surface area contributed by atoms with Crippen LogP contribution >= 0.6 is 23.4 Å². The summed E-state index contributed by atoms with van der Waals surface area (Å²) in [5.41, 5.74) is 2.15. The number of anilines is 1. The van der Waals surface area contributed by atoms with Gasteiger partial charge in [0.1, 0.15) is 0 Å². The van der Waals surface area contributed by atoms with Crippen molar-refractivity contribution >= 4 is 35.0 Å². The number of H-pyrrole nitrogens is 1. The van der Waals surface area contributed by atoms with Gasteiger partial charge in [-0.2, -0.15) is 0 Å². The molecular formula is C19H16ClN4O2S+. The number of halogens is 1. The van der Waals surface area contributed by atoms with E-state index < -0.39 is 6.17 Å². The van der Waals surface area contributed by atoms with Crippen LogP contribution in [0.25, 0.3) is 11.3 Å². The zero-order valence-corrected chi connectivity index (χ0v) is 16.2. The predicted molar refractivity (Wildman–Crippen MR) is 105 cm³/mol. The van der Waals surface area contributed by atoms with Crippen LogP contribution in [0.2, 0.25) is 5.02 Å². The van der Waals surface area contributed by atoms with Crippen molar-refractivity contribution in [1.29, 1.82) is 0 Å². The average Bonchev–Trinajstić information content (AvgIpc) is 2.66. The van der Waals surface area contributed by atoms with Gasteiger partial charge in [-0.15, -0.1) is 0 Å². The third-order valence-electron chi connectivity index (χ3n) is 4.44. The molecule has 1 N–H and O–H groups in total. The average molecular weight is 400 g/mol. The van der Waals surface area contributed by atoms with Crippen LogP contribution in [-0.4, -0.2) is 22.2 Å². The molecule has 0 radical (unpaired) electrons. The highest BCUT2D eigenvalue weighted by atomic mass is 35.5. The van der Waals surface area contributed by atoms with E-state index >= 15 is 0 Å². The topological polar surface area (TPSA) is 69.9 Å². The van der Waals surface area contributed by atoms with E-state index in [-0.39, 0.29) is 11.5 Å². The highest BCUT2D eigenvalue weighted by Crippen LogP contribution is 2.38. The van der Waals surface area contributed by atoms with Gasteiger partial charge in [-0.1, -0.05) is 53.7 Å². The molecule has 4 rings (SSSR count). The summed E-state index contributed by atoms with van der Waals surface area (Å²) in [6.45, 7) is 1.50. The van der Waals surface area contributed by atoms with Crippen LogP contribution in [0.3, 0.4) is 0 Å². The quantitative estimate of drug-likeness (QED) is 0.531. The molecule has 1 aromatic heterocycles. The van der Waals surface area contributed by atoms with Crippen LogP contribution in [0.5, 0.6) is 0 Å². The molecule has 1 aliphatic heterocycles. The van der Waals surface area contributed by atoms with Crippen molar-refractivity contribution in [3.05, 3.63) is 69.5 Å². The Labute approximate surface area is 164 Å². The molecule has 1 amide bonds. The second kappa shape index (κ2) is 6.83. The molecule has 0 fully saturated rings. The molecule has 1 atom stereocenters. The molecule has 0 spiro atoms. The molecule has 136 valence electrons. The summed E-state index contributed by atoms with van der Waals surface area (Å²) < 4.78 is 1.61. The van der Waals surface area contributed by atoms with Gasteiger partial charge in [-0.25, -0.2) is 4.90 Å². The van der Waals surface area contributed by atoms with Crippen molar-refractivity contribution in [1.82, 2.24) is 10.1 Å². The Balaban J connectivity index is 2.11. The summed E-state index contributed by atoms with van der Waals surface area (Å²) in [6, 6.07) is 14.7. The van der Waals surface area contributed by atoms with E-state index in [0.29, 0.717) is 27.1 Å². The number of aromatic amines is 1. The predicted octanol–water partition coefficient (Wildman–Crippen LogP) is 3.01. The molecule has 0 saturated heterocycles. The standard InChI is InChI=1S/C19H15ClN4O2S/c1-11(25)23-15-9-8-13(20)10-14(15)16-17(26)21-19(27-2)22-24(16)18(23)12-6-4-3-5-7-12/h3-10,18H,1-2H3/p+1/t18-/m1/s1. The number of hydrogen-bond donors (Lipinski definition) is 1. The second-order valence-corrected chi connectivity index (χ2v) is 7.32. The van der Waals surface area contributed by atoms with Crippen molar-refractivity contribution in [2.45, 2.75) is 18.2 Å². The molecule has 0 unspecified atom stereocenters. The fraction of sp³-hybridized carbons (Fsp3) is 0.158. The zero-order valence-electron chi connectivity index (χ0n) is 14.6. The van der Waals surface area contributed by atoms with Crippen molar-refractivity contribution in [2.75, 3.05) is 11.2 Å². The van der Waals surface area contributed by atoms with E-state index in [9.17, 15) is 9.59 Å². The summed E-state index contributed by atoms with van der Waals surface area (Å²) in [7, 11) is 0. The number of fused-ring (bicyclic) bond motifs is 3. The SMILES string of the molecule is CSc1n[n+]2c(c(=O)[nH]1)-c1cc(Cl)ccc1N(C(C)=O)[C@H]2c1ccccc1. The van der Waals surface area contributed by atoms with Crippen LogP contribution in [0.1, 0.15) is 18.7 Å². The monoisotopic (exact) mass is 399 g/mol. The number of carbonyl (C=O) groups excluding carboxylic acids is 1. The lowest BCUT2D eigenvalue weighted by atomic mass is 10.0. The zero-order chi connectivity index (χ0) is 19.1. The molecule has 2 heterocycles. The summed E-state index contributed by atoms with van der Waals surface area (Å²) in [4.78, 5) is 30.0. The Morgan fingerprint density at radius 3 is 2.67 bits per heavy atom. The number of carbonyl (C=O) groups is 1. The lowest BCUT2D eigenvalue weighted by molar-refractivity contribution is -0.763. The third-order valence-corrected chi connectivity index (χ3v) is 5.25. The molecule has 6 nitrogen and oxygen atoms in total. The second-order valence-electron chi connectivity index (χ2n) is 6.09. The number of thioether (sulfide) groups is 1. The Morgan fingerprint density at radius 1 is 1.26 bits per heavy atom. The largest absolute Gasteiger partial charge is 0.325 e. The van der Waals surface area contributed by atoms with E-state index in [0.717, 1.165) is 5.56 Å². The molecule has 8 heteroatoms. The Kier molecular flexibility index (Phi) is 4.49. The minimum absolute atomic E-state index is 0.154. The van der Waals surface area contributed by atoms with Gasteiger partial charge in [0.15, 0.2) is 0 Å². The number of benzene rings is 2. The Hall–Kier alpha value is -2.64. The fourth-order valence-electron chi connectivity index (χ4n) is 3.35. The molecule has 0 aliphatic carbocycles. The number of rotatable bonds is 2. The van der Waals surface area contributed by atoms with E-state index in [1.54, 1.807) is 27.8 Å². The summed E-state index contributed by atoms with van der Waals surface area (Å²) in [5.74, 6) is -0.154. The lowest BCUT2D eigenvalue weighted by Crippen LogP contribution is -2.60. The molecule has 2 aromatic carbocycles. The van der Waals surface area contributed by atoms with Crippen LogP contribution in [-0.2, 0) is 4.79 Å². The number of hydrogen-bond acceptors (Lipinski definition) is 4. The number of aromatic nitrogens is 3. The first-order valence-electron chi connectivity index (χ1n) is 8.26. The smallest absolute Gasteiger partial charge is 0.291 e. The van der Waals surface area contributed by atoms with Gasteiger partial charge in [0, 0.05) is 22.6 Å². The van der Waals surface area contributed by atoms with E-state index in [1.165, 1.54) is 18.7 Å². The van der Waals surface area contributed by atoms with Crippen molar-refractivity contribution in [3.8, 4) is 11.3 Å². The van der Waals surface area contributed by atoms with Crippen LogP contribution in [0.15, 0.2) is 58.5 Å². The Bertz CT molecular complexity index is 1100. The first kappa shape index (κ1) is 17.8. The molecule has 3 aromatic rings. The van der Waals surface area contributed by atoms with E-state index in [1.807, 2.05) is 36.6 Å². The highest BCUT2D eigenvalue weighted by Gasteiger charge is 2.44. The normalized spacial score (nSPS) is 15.2. The first-order chi connectivity index (χ1) is 13.0. The minimum atomic E-state index is -0.569. The van der Waals surface area contributed by atoms with Gasteiger partial charge in [-0.05, 0) is 29.1 Å². The maximum Gasteiger partial charge on any atom is 0.325 e. The van der Waals surface area contributed by atoms with E-state index in [2.05, 4.69) is 10.1 Å². The fourth-order valence-corrected chi connectivity index (χ4v) is 3.89. The van der Waals surface area contributed by atoms with Crippen LogP contribution in [0.4, 0.5) is 5.69 Å². The first-order valence-corrected chi connectivity index (χ1v) is 9.86.